The Balaban J connectivity index is 1.85. The topological polar surface area (TPSA) is 75.2 Å². The monoisotopic (exact) mass is 334 g/mol. The lowest BCUT2D eigenvalue weighted by Crippen LogP contribution is -2.40. The van der Waals surface area contributed by atoms with Crippen LogP contribution in [0.4, 0.5) is 4.79 Å². The summed E-state index contributed by atoms with van der Waals surface area (Å²) in [7, 11) is 0. The predicted octanol–water partition coefficient (Wildman–Crippen LogP) is 2.23. The smallest absolute Gasteiger partial charge is 0.319 e. The first kappa shape index (κ1) is 15.0. The van der Waals surface area contributed by atoms with E-state index in [1.54, 1.807) is 6.92 Å². The Morgan fingerprint density at radius 1 is 1.27 bits per heavy atom. The van der Waals surface area contributed by atoms with Gasteiger partial charge in [0.25, 0.3) is 5.91 Å². The lowest BCUT2D eigenvalue weighted by molar-refractivity contribution is -0.131. The highest BCUT2D eigenvalue weighted by Gasteiger charge is 2.49. The van der Waals surface area contributed by atoms with Gasteiger partial charge in [0.05, 0.1) is 6.54 Å². The highest BCUT2D eigenvalue weighted by Crippen LogP contribution is 2.30. The van der Waals surface area contributed by atoms with Crippen molar-refractivity contribution in [2.24, 2.45) is 0 Å². The van der Waals surface area contributed by atoms with Gasteiger partial charge in [-0.1, -0.05) is 53.4 Å². The maximum absolute atomic E-state index is 12.7. The number of amides is 3. The Bertz CT molecular complexity index is 719. The van der Waals surface area contributed by atoms with Crippen LogP contribution in [-0.4, -0.2) is 33.3 Å². The van der Waals surface area contributed by atoms with Crippen LogP contribution in [0.3, 0.4) is 0 Å². The van der Waals surface area contributed by atoms with Crippen molar-refractivity contribution >= 4 is 35.0 Å². The van der Waals surface area contributed by atoms with E-state index in [-0.39, 0.29) is 12.5 Å². The fourth-order valence-corrected chi connectivity index (χ4v) is 3.63. The molecule has 1 fully saturated rings. The Morgan fingerprint density at radius 3 is 2.64 bits per heavy atom. The number of benzene rings is 1. The second-order valence-corrected chi connectivity index (χ2v) is 7.09. The number of rotatable bonds is 4. The number of hydrogen-bond acceptors (Lipinski definition) is 6. The number of nitrogens with zero attached hydrogens (tertiary/aromatic N) is 3. The molecule has 1 aromatic carbocycles. The van der Waals surface area contributed by atoms with Crippen molar-refractivity contribution in [3.8, 4) is 0 Å². The molecule has 0 saturated carbocycles. The number of carbonyl (C=O) groups excluding carboxylic acids is 2. The van der Waals surface area contributed by atoms with E-state index in [1.807, 2.05) is 36.6 Å². The molecule has 3 amide bonds. The maximum atomic E-state index is 12.7. The molecule has 6 nitrogen and oxygen atoms in total. The third kappa shape index (κ3) is 2.48. The standard InChI is InChI=1S/C14H14N4O2S2/c1-14(9-6-4-3-5-7-9)11(19)18(12(20)15-14)8-10-16-17-13(21-2)22-10/h3-7H,8H2,1-2H3,(H,15,20). The van der Waals surface area contributed by atoms with Gasteiger partial charge in [0, 0.05) is 0 Å². The number of hydrogen-bond donors (Lipinski definition) is 1. The van der Waals surface area contributed by atoms with Crippen LogP contribution in [0.15, 0.2) is 34.7 Å². The van der Waals surface area contributed by atoms with Gasteiger partial charge >= 0.3 is 6.03 Å². The van der Waals surface area contributed by atoms with Crippen molar-refractivity contribution in [3.63, 3.8) is 0 Å². The van der Waals surface area contributed by atoms with Gasteiger partial charge in [-0.2, -0.15) is 0 Å². The van der Waals surface area contributed by atoms with Crippen molar-refractivity contribution in [3.05, 3.63) is 40.9 Å². The quantitative estimate of drug-likeness (QED) is 0.685. The average Bonchev–Trinajstić information content (AvgIpc) is 3.07. The van der Waals surface area contributed by atoms with E-state index < -0.39 is 11.6 Å². The Morgan fingerprint density at radius 2 is 2.00 bits per heavy atom. The third-order valence-corrected chi connectivity index (χ3v) is 5.43. The second kappa shape index (κ2) is 5.69. The first-order chi connectivity index (χ1) is 10.5. The van der Waals surface area contributed by atoms with Crippen molar-refractivity contribution < 1.29 is 9.59 Å². The van der Waals surface area contributed by atoms with Crippen LogP contribution in [0.25, 0.3) is 0 Å². The number of urea groups is 1. The van der Waals surface area contributed by atoms with E-state index in [4.69, 9.17) is 0 Å². The molecule has 1 unspecified atom stereocenters. The normalized spacial score (nSPS) is 21.3. The van der Waals surface area contributed by atoms with Gasteiger partial charge in [0.2, 0.25) is 0 Å². The highest BCUT2D eigenvalue weighted by atomic mass is 32.2. The number of aromatic nitrogens is 2. The zero-order chi connectivity index (χ0) is 15.7. The molecule has 114 valence electrons. The summed E-state index contributed by atoms with van der Waals surface area (Å²) >= 11 is 2.87. The second-order valence-electron chi connectivity index (χ2n) is 4.98. The molecule has 1 saturated heterocycles. The fourth-order valence-electron chi connectivity index (χ4n) is 2.33. The molecule has 0 radical (unpaired) electrons. The van der Waals surface area contributed by atoms with Crippen LogP contribution < -0.4 is 5.32 Å². The van der Waals surface area contributed by atoms with E-state index in [1.165, 1.54) is 28.0 Å². The molecule has 1 aliphatic rings. The highest BCUT2D eigenvalue weighted by molar-refractivity contribution is 8.00. The van der Waals surface area contributed by atoms with Gasteiger partial charge in [-0.15, -0.1) is 10.2 Å². The molecule has 0 spiro atoms. The SMILES string of the molecule is CSc1nnc(CN2C(=O)NC(C)(c3ccccc3)C2=O)s1. The molecule has 2 heterocycles. The Hall–Kier alpha value is -1.93. The fraction of sp³-hybridized carbons (Fsp3) is 0.286. The average molecular weight is 334 g/mol. The molecule has 1 aromatic heterocycles. The maximum Gasteiger partial charge on any atom is 0.325 e. The van der Waals surface area contributed by atoms with Crippen molar-refractivity contribution in [1.29, 1.82) is 0 Å². The van der Waals surface area contributed by atoms with Crippen LogP contribution in [0.1, 0.15) is 17.5 Å². The van der Waals surface area contributed by atoms with Crippen LogP contribution in [0.5, 0.6) is 0 Å². The number of carbonyl (C=O) groups is 2. The number of thioether (sulfide) groups is 1. The van der Waals surface area contributed by atoms with Gasteiger partial charge in [-0.3, -0.25) is 9.69 Å². The summed E-state index contributed by atoms with van der Waals surface area (Å²) in [6, 6.07) is 8.82. The molecule has 1 atom stereocenters. The van der Waals surface area contributed by atoms with Gasteiger partial charge in [-0.05, 0) is 18.7 Å². The van der Waals surface area contributed by atoms with E-state index in [2.05, 4.69) is 15.5 Å². The minimum Gasteiger partial charge on any atom is -0.319 e. The van der Waals surface area contributed by atoms with E-state index in [0.717, 1.165) is 9.90 Å². The lowest BCUT2D eigenvalue weighted by Gasteiger charge is -2.21. The summed E-state index contributed by atoms with van der Waals surface area (Å²) in [5.41, 5.74) is -0.274. The molecule has 22 heavy (non-hydrogen) atoms. The van der Waals surface area contributed by atoms with Crippen LogP contribution in [-0.2, 0) is 16.9 Å². The summed E-state index contributed by atoms with van der Waals surface area (Å²) in [6.45, 7) is 1.86. The third-order valence-electron chi connectivity index (χ3n) is 3.54. The lowest BCUT2D eigenvalue weighted by atomic mass is 9.92. The van der Waals surface area contributed by atoms with E-state index in [9.17, 15) is 9.59 Å². The number of imide groups is 1. The predicted molar refractivity (Wildman–Crippen MR) is 84.6 cm³/mol. The van der Waals surface area contributed by atoms with Crippen molar-refractivity contribution in [1.82, 2.24) is 20.4 Å². The summed E-state index contributed by atoms with van der Waals surface area (Å²) in [5, 5.41) is 11.4. The zero-order valence-corrected chi connectivity index (χ0v) is 13.7. The molecule has 0 bridgehead atoms. The van der Waals surface area contributed by atoms with Crippen molar-refractivity contribution in [2.75, 3.05) is 6.26 Å². The molecular weight excluding hydrogens is 320 g/mol. The zero-order valence-electron chi connectivity index (χ0n) is 12.1. The molecule has 2 aromatic rings. The number of nitrogens with one attached hydrogen (secondary N) is 1. The largest absolute Gasteiger partial charge is 0.325 e. The van der Waals surface area contributed by atoms with Crippen LogP contribution >= 0.6 is 23.1 Å². The Kier molecular flexibility index (Phi) is 3.88. The van der Waals surface area contributed by atoms with Gasteiger partial charge in [-0.25, -0.2) is 4.79 Å². The molecule has 8 heteroatoms. The van der Waals surface area contributed by atoms with Crippen LogP contribution in [0, 0.1) is 0 Å². The molecular formula is C14H14N4O2S2. The summed E-state index contributed by atoms with van der Waals surface area (Å²) < 4.78 is 0.813. The first-order valence-electron chi connectivity index (χ1n) is 6.60. The first-order valence-corrected chi connectivity index (χ1v) is 8.65. The Labute approximate surface area is 135 Å². The van der Waals surface area contributed by atoms with Crippen LogP contribution in [0.2, 0.25) is 0 Å². The molecule has 1 N–H and O–H groups in total. The van der Waals surface area contributed by atoms with Crippen molar-refractivity contribution in [2.45, 2.75) is 23.3 Å². The van der Waals surface area contributed by atoms with Gasteiger partial charge in [0.1, 0.15) is 10.5 Å². The van der Waals surface area contributed by atoms with E-state index >= 15 is 0 Å². The minimum atomic E-state index is -1.04. The minimum absolute atomic E-state index is 0.144. The van der Waals surface area contributed by atoms with Gasteiger partial charge < -0.3 is 5.32 Å². The van der Waals surface area contributed by atoms with Gasteiger partial charge in [0.15, 0.2) is 4.34 Å². The summed E-state index contributed by atoms with van der Waals surface area (Å²) in [5.74, 6) is -0.274. The summed E-state index contributed by atoms with van der Waals surface area (Å²) in [6.07, 6.45) is 1.91. The van der Waals surface area contributed by atoms with E-state index in [0.29, 0.717) is 5.01 Å². The summed E-state index contributed by atoms with van der Waals surface area (Å²) in [4.78, 5) is 26.1. The molecule has 0 aliphatic carbocycles. The molecule has 1 aliphatic heterocycles. The molecule has 3 rings (SSSR count).